The Morgan fingerprint density at radius 3 is 2.38 bits per heavy atom. The Balaban J connectivity index is 1.42. The Labute approximate surface area is 185 Å². The fourth-order valence-electron chi connectivity index (χ4n) is 4.33. The predicted octanol–water partition coefficient (Wildman–Crippen LogP) is 4.27. The minimum atomic E-state index is -1.28. The molecule has 0 atom stereocenters. The smallest absolute Gasteiger partial charge is 0.358 e. The standard InChI is InChI=1S/C25H26N2O5/c28-20-12-10-19(11-13-20)18-8-6-16(7-9-18)14-21-26-22(25(30)31)23(24(29)27-21)32-15-17-4-2-1-3-5-17/h1-5,10-13,16,18,28H,6-9,14-15H2,(H,30,31)(H,26,27,29). The van der Waals surface area contributed by atoms with Gasteiger partial charge in [-0.15, -0.1) is 0 Å². The number of nitrogens with one attached hydrogen (secondary N) is 1. The van der Waals surface area contributed by atoms with Crippen LogP contribution in [0.25, 0.3) is 0 Å². The van der Waals surface area contributed by atoms with Gasteiger partial charge in [-0.1, -0.05) is 42.5 Å². The second kappa shape index (κ2) is 9.68. The van der Waals surface area contributed by atoms with Crippen LogP contribution in [0.3, 0.4) is 0 Å². The van der Waals surface area contributed by atoms with E-state index in [-0.39, 0.29) is 23.8 Å². The number of benzene rings is 2. The van der Waals surface area contributed by atoms with E-state index in [1.165, 1.54) is 5.56 Å². The Kier molecular flexibility index (Phi) is 6.54. The minimum absolute atomic E-state index is 0.0898. The van der Waals surface area contributed by atoms with Crippen LogP contribution in [-0.2, 0) is 13.0 Å². The van der Waals surface area contributed by atoms with E-state index in [0.717, 1.165) is 31.2 Å². The molecule has 0 unspecified atom stereocenters. The normalized spacial score (nSPS) is 18.2. The highest BCUT2D eigenvalue weighted by Gasteiger charge is 2.25. The largest absolute Gasteiger partial charge is 0.508 e. The lowest BCUT2D eigenvalue weighted by atomic mass is 9.77. The third-order valence-corrected chi connectivity index (χ3v) is 6.05. The van der Waals surface area contributed by atoms with Crippen molar-refractivity contribution in [2.75, 3.05) is 0 Å². The maximum atomic E-state index is 12.6. The Morgan fingerprint density at radius 1 is 1.03 bits per heavy atom. The molecule has 0 radical (unpaired) electrons. The zero-order valence-electron chi connectivity index (χ0n) is 17.7. The van der Waals surface area contributed by atoms with Crippen molar-refractivity contribution in [1.82, 2.24) is 9.97 Å². The van der Waals surface area contributed by atoms with Crippen LogP contribution < -0.4 is 10.3 Å². The van der Waals surface area contributed by atoms with Gasteiger partial charge in [0.2, 0.25) is 5.75 Å². The van der Waals surface area contributed by atoms with E-state index in [9.17, 15) is 19.8 Å². The van der Waals surface area contributed by atoms with Crippen molar-refractivity contribution in [2.24, 2.45) is 5.92 Å². The number of ether oxygens (including phenoxy) is 1. The van der Waals surface area contributed by atoms with Gasteiger partial charge in [-0.05, 0) is 60.8 Å². The van der Waals surface area contributed by atoms with Crippen molar-refractivity contribution in [2.45, 2.75) is 44.6 Å². The Hall–Kier alpha value is -3.61. The van der Waals surface area contributed by atoms with Gasteiger partial charge in [0.15, 0.2) is 5.69 Å². The summed E-state index contributed by atoms with van der Waals surface area (Å²) in [5, 5.41) is 19.1. The molecule has 3 N–H and O–H groups in total. The molecule has 0 amide bonds. The lowest BCUT2D eigenvalue weighted by molar-refractivity contribution is 0.0683. The monoisotopic (exact) mass is 434 g/mol. The number of aromatic amines is 1. The number of aromatic nitrogens is 2. The van der Waals surface area contributed by atoms with Crippen molar-refractivity contribution in [1.29, 1.82) is 0 Å². The molecule has 3 aromatic rings. The highest BCUT2D eigenvalue weighted by Crippen LogP contribution is 2.37. The first-order valence-electron chi connectivity index (χ1n) is 10.8. The van der Waals surface area contributed by atoms with Crippen LogP contribution in [0.5, 0.6) is 11.5 Å². The number of aromatic hydroxyl groups is 1. The molecule has 2 aromatic carbocycles. The lowest BCUT2D eigenvalue weighted by Crippen LogP contribution is -2.23. The maximum absolute atomic E-state index is 12.6. The molecule has 1 saturated carbocycles. The van der Waals surface area contributed by atoms with E-state index in [4.69, 9.17) is 4.74 Å². The molecule has 166 valence electrons. The summed E-state index contributed by atoms with van der Waals surface area (Å²) in [6, 6.07) is 16.6. The third-order valence-electron chi connectivity index (χ3n) is 6.05. The minimum Gasteiger partial charge on any atom is -0.508 e. The van der Waals surface area contributed by atoms with Crippen molar-refractivity contribution in [3.63, 3.8) is 0 Å². The molecule has 1 heterocycles. The molecule has 4 rings (SSSR count). The topological polar surface area (TPSA) is 113 Å². The van der Waals surface area contributed by atoms with Crippen LogP contribution in [0.4, 0.5) is 0 Å². The molecule has 0 saturated heterocycles. The van der Waals surface area contributed by atoms with E-state index >= 15 is 0 Å². The number of phenols is 1. The van der Waals surface area contributed by atoms with Gasteiger partial charge in [0.05, 0.1) is 0 Å². The van der Waals surface area contributed by atoms with E-state index in [1.807, 2.05) is 42.5 Å². The fraction of sp³-hybridized carbons (Fsp3) is 0.320. The molecular formula is C25H26N2O5. The van der Waals surface area contributed by atoms with Gasteiger partial charge in [0.25, 0.3) is 5.56 Å². The third kappa shape index (κ3) is 5.17. The maximum Gasteiger partial charge on any atom is 0.358 e. The molecule has 7 heteroatoms. The van der Waals surface area contributed by atoms with Crippen molar-refractivity contribution >= 4 is 5.97 Å². The van der Waals surface area contributed by atoms with Crippen LogP contribution in [-0.4, -0.2) is 26.2 Å². The van der Waals surface area contributed by atoms with Crippen LogP contribution in [0.1, 0.15) is 59.0 Å². The molecule has 1 aliphatic carbocycles. The molecule has 1 aliphatic rings. The summed E-state index contributed by atoms with van der Waals surface area (Å²) in [5.41, 5.74) is 1.14. The van der Waals surface area contributed by atoms with Gasteiger partial charge < -0.3 is 19.9 Å². The zero-order chi connectivity index (χ0) is 22.5. The summed E-state index contributed by atoms with van der Waals surface area (Å²) >= 11 is 0. The number of hydrogen-bond donors (Lipinski definition) is 3. The fourth-order valence-corrected chi connectivity index (χ4v) is 4.33. The first-order valence-corrected chi connectivity index (χ1v) is 10.8. The van der Waals surface area contributed by atoms with Gasteiger partial charge in [-0.2, -0.15) is 0 Å². The number of rotatable bonds is 7. The second-order valence-corrected chi connectivity index (χ2v) is 8.28. The first kappa shape index (κ1) is 21.6. The second-order valence-electron chi connectivity index (χ2n) is 8.28. The van der Waals surface area contributed by atoms with Gasteiger partial charge in [0, 0.05) is 6.42 Å². The molecule has 0 bridgehead atoms. The first-order chi connectivity index (χ1) is 15.5. The molecular weight excluding hydrogens is 408 g/mol. The molecule has 1 fully saturated rings. The average molecular weight is 434 g/mol. The molecule has 1 aromatic heterocycles. The predicted molar refractivity (Wildman–Crippen MR) is 119 cm³/mol. The number of phenolic OH excluding ortho intramolecular Hbond substituents is 1. The van der Waals surface area contributed by atoms with Crippen LogP contribution >= 0.6 is 0 Å². The quantitative estimate of drug-likeness (QED) is 0.512. The number of nitrogens with zero attached hydrogens (tertiary/aromatic N) is 1. The summed E-state index contributed by atoms with van der Waals surface area (Å²) in [6.45, 7) is 0.0898. The van der Waals surface area contributed by atoms with Crippen LogP contribution in [0.15, 0.2) is 59.4 Å². The van der Waals surface area contributed by atoms with Gasteiger partial charge in [-0.3, -0.25) is 4.79 Å². The SMILES string of the molecule is O=C(O)c1nc(CC2CCC(c3ccc(O)cc3)CC2)[nH]c(=O)c1OCc1ccccc1. The lowest BCUT2D eigenvalue weighted by Gasteiger charge is -2.28. The van der Waals surface area contributed by atoms with Gasteiger partial charge >= 0.3 is 5.97 Å². The summed E-state index contributed by atoms with van der Waals surface area (Å²) in [5.74, 6) is -0.125. The average Bonchev–Trinajstić information content (AvgIpc) is 2.80. The van der Waals surface area contributed by atoms with Crippen molar-refractivity contribution < 1.29 is 19.7 Å². The Bertz CT molecular complexity index is 1120. The summed E-state index contributed by atoms with van der Waals surface area (Å²) in [7, 11) is 0. The summed E-state index contributed by atoms with van der Waals surface area (Å²) in [4.78, 5) is 31.3. The van der Waals surface area contributed by atoms with Crippen LogP contribution in [0, 0.1) is 5.92 Å². The molecule has 32 heavy (non-hydrogen) atoms. The van der Waals surface area contributed by atoms with E-state index in [0.29, 0.717) is 24.1 Å². The highest BCUT2D eigenvalue weighted by molar-refractivity contribution is 5.88. The molecule has 0 aliphatic heterocycles. The molecule has 7 nitrogen and oxygen atoms in total. The van der Waals surface area contributed by atoms with Gasteiger partial charge in [0.1, 0.15) is 18.2 Å². The zero-order valence-corrected chi connectivity index (χ0v) is 17.7. The van der Waals surface area contributed by atoms with E-state index in [2.05, 4.69) is 9.97 Å². The Morgan fingerprint density at radius 2 is 1.72 bits per heavy atom. The number of H-pyrrole nitrogens is 1. The highest BCUT2D eigenvalue weighted by atomic mass is 16.5. The summed E-state index contributed by atoms with van der Waals surface area (Å²) in [6.07, 6.45) is 4.46. The van der Waals surface area contributed by atoms with E-state index in [1.54, 1.807) is 12.1 Å². The van der Waals surface area contributed by atoms with E-state index < -0.39 is 11.5 Å². The summed E-state index contributed by atoms with van der Waals surface area (Å²) < 4.78 is 5.53. The number of aromatic carboxylic acids is 1. The van der Waals surface area contributed by atoms with Gasteiger partial charge in [-0.25, -0.2) is 9.78 Å². The number of carboxylic acid groups (broad SMARTS) is 1. The molecule has 0 spiro atoms. The van der Waals surface area contributed by atoms with Crippen molar-refractivity contribution in [3.8, 4) is 11.5 Å². The number of carbonyl (C=O) groups is 1. The number of carboxylic acids is 1. The van der Waals surface area contributed by atoms with Crippen LogP contribution in [0.2, 0.25) is 0 Å². The van der Waals surface area contributed by atoms with Crippen molar-refractivity contribution in [3.05, 3.63) is 87.6 Å². The number of hydrogen-bond acceptors (Lipinski definition) is 5.